The average Bonchev–Trinajstić information content (AvgIpc) is 2.61. The van der Waals surface area contributed by atoms with Gasteiger partial charge in [-0.1, -0.05) is 18.5 Å². The number of hydrogen-bond acceptors (Lipinski definition) is 4. The van der Waals surface area contributed by atoms with Crippen LogP contribution in [0, 0.1) is 12.3 Å². The lowest BCUT2D eigenvalue weighted by molar-refractivity contribution is 0.0477. The van der Waals surface area contributed by atoms with Crippen molar-refractivity contribution in [2.75, 3.05) is 13.2 Å². The number of hydrogen-bond donors (Lipinski definition) is 2. The second-order valence-corrected chi connectivity index (χ2v) is 7.35. The van der Waals surface area contributed by atoms with Gasteiger partial charge in [0.05, 0.1) is 23.0 Å². The van der Waals surface area contributed by atoms with Crippen LogP contribution in [0.25, 0.3) is 0 Å². The topological polar surface area (TPSA) is 76.4 Å². The minimum atomic E-state index is -0.555. The zero-order valence-corrected chi connectivity index (χ0v) is 14.9. The summed E-state index contributed by atoms with van der Waals surface area (Å²) in [7, 11) is 1.81. The van der Waals surface area contributed by atoms with E-state index in [0.29, 0.717) is 11.4 Å². The number of carbonyl (C=O) groups is 1. The molecule has 7 heteroatoms. The van der Waals surface area contributed by atoms with Crippen molar-refractivity contribution in [2.24, 2.45) is 12.5 Å². The molecule has 126 valence electrons. The maximum absolute atomic E-state index is 11.8. The Hall–Kier alpha value is -1.27. The number of aryl methyl sites for hydroxylation is 2. The molecule has 1 atom stereocenters. The first-order valence-corrected chi connectivity index (χ1v) is 7.61. The van der Waals surface area contributed by atoms with E-state index in [1.807, 2.05) is 20.9 Å². The zero-order chi connectivity index (χ0) is 17.1. The number of carbonyl (C=O) groups excluding carboxylic acids is 1. The van der Waals surface area contributed by atoms with E-state index in [0.717, 1.165) is 11.4 Å². The average molecular weight is 332 g/mol. The molecule has 0 aliphatic heterocycles. The zero-order valence-electron chi connectivity index (χ0n) is 14.2. The SMILES string of the molecule is Cc1nn(C)c(CC(C)(CO)CNC(=O)OC(C)(C)C)c1Cl. The molecule has 6 nitrogen and oxygen atoms in total. The number of nitrogens with one attached hydrogen (secondary N) is 1. The number of rotatable bonds is 5. The third kappa shape index (κ3) is 5.18. The molecule has 1 aromatic heterocycles. The Morgan fingerprint density at radius 2 is 2.00 bits per heavy atom. The predicted molar refractivity (Wildman–Crippen MR) is 86.1 cm³/mol. The minimum Gasteiger partial charge on any atom is -0.444 e. The minimum absolute atomic E-state index is 0.0939. The summed E-state index contributed by atoms with van der Waals surface area (Å²) < 4.78 is 6.91. The van der Waals surface area contributed by atoms with Crippen molar-refractivity contribution in [3.05, 3.63) is 16.4 Å². The quantitative estimate of drug-likeness (QED) is 0.869. The highest BCUT2D eigenvalue weighted by atomic mass is 35.5. The van der Waals surface area contributed by atoms with Gasteiger partial charge >= 0.3 is 6.09 Å². The Kier molecular flexibility index (Phi) is 5.87. The predicted octanol–water partition coefficient (Wildman–Crippen LogP) is 2.45. The molecule has 1 aromatic rings. The lowest BCUT2D eigenvalue weighted by atomic mass is 9.86. The molecule has 1 heterocycles. The van der Waals surface area contributed by atoms with Gasteiger partial charge in [-0.3, -0.25) is 4.68 Å². The molecule has 1 unspecified atom stereocenters. The van der Waals surface area contributed by atoms with Gasteiger partial charge in [0.2, 0.25) is 0 Å². The summed E-state index contributed by atoms with van der Waals surface area (Å²) in [6.07, 6.45) is -0.00499. The van der Waals surface area contributed by atoms with E-state index in [9.17, 15) is 9.90 Å². The fourth-order valence-corrected chi connectivity index (χ4v) is 2.28. The Bertz CT molecular complexity index is 537. The van der Waals surface area contributed by atoms with Crippen LogP contribution < -0.4 is 5.32 Å². The molecule has 0 bridgehead atoms. The normalized spacial score (nSPS) is 14.5. The van der Waals surface area contributed by atoms with Gasteiger partial charge in [-0.25, -0.2) is 4.79 Å². The fourth-order valence-electron chi connectivity index (χ4n) is 2.05. The maximum atomic E-state index is 11.8. The lowest BCUT2D eigenvalue weighted by Crippen LogP contribution is -2.42. The first-order valence-electron chi connectivity index (χ1n) is 7.23. The van der Waals surface area contributed by atoms with Gasteiger partial charge in [0.1, 0.15) is 5.60 Å². The van der Waals surface area contributed by atoms with Crippen molar-refractivity contribution in [3.8, 4) is 0 Å². The van der Waals surface area contributed by atoms with Crippen LogP contribution in [0.2, 0.25) is 5.02 Å². The molecule has 0 saturated heterocycles. The number of aliphatic hydroxyl groups excluding tert-OH is 1. The van der Waals surface area contributed by atoms with Gasteiger partial charge < -0.3 is 15.2 Å². The summed E-state index contributed by atoms with van der Waals surface area (Å²) >= 11 is 6.25. The summed E-state index contributed by atoms with van der Waals surface area (Å²) in [5.74, 6) is 0. The van der Waals surface area contributed by atoms with Crippen LogP contribution in [0.4, 0.5) is 4.79 Å². The second-order valence-electron chi connectivity index (χ2n) is 6.97. The number of alkyl carbamates (subject to hydrolysis) is 1. The van der Waals surface area contributed by atoms with Crippen LogP contribution in [0.15, 0.2) is 0 Å². The molecule has 2 N–H and O–H groups in total. The molecule has 0 fully saturated rings. The number of ether oxygens (including phenoxy) is 1. The molecule has 22 heavy (non-hydrogen) atoms. The number of halogens is 1. The van der Waals surface area contributed by atoms with Crippen LogP contribution >= 0.6 is 11.6 Å². The Morgan fingerprint density at radius 3 is 2.41 bits per heavy atom. The summed E-state index contributed by atoms with van der Waals surface area (Å²) in [6.45, 7) is 9.30. The van der Waals surface area contributed by atoms with Crippen molar-refractivity contribution < 1.29 is 14.6 Å². The molecule has 0 aromatic carbocycles. The summed E-state index contributed by atoms with van der Waals surface area (Å²) in [4.78, 5) is 11.8. The van der Waals surface area contributed by atoms with Crippen molar-refractivity contribution in [1.29, 1.82) is 0 Å². The standard InChI is InChI=1S/C15H26ClN3O3/c1-10-12(16)11(19(6)18-10)7-15(5,9-20)8-17-13(21)22-14(2,3)4/h20H,7-9H2,1-6H3,(H,17,21). The van der Waals surface area contributed by atoms with Gasteiger partial charge in [0.15, 0.2) is 0 Å². The van der Waals surface area contributed by atoms with Gasteiger partial charge in [-0.05, 0) is 27.7 Å². The molecule has 0 aliphatic carbocycles. The highest BCUT2D eigenvalue weighted by Gasteiger charge is 2.29. The smallest absolute Gasteiger partial charge is 0.407 e. The van der Waals surface area contributed by atoms with Gasteiger partial charge in [-0.2, -0.15) is 5.10 Å². The van der Waals surface area contributed by atoms with Crippen LogP contribution in [0.5, 0.6) is 0 Å². The third-order valence-electron chi connectivity index (χ3n) is 3.30. The number of nitrogens with zero attached hydrogens (tertiary/aromatic N) is 2. The van der Waals surface area contributed by atoms with Crippen LogP contribution in [0.1, 0.15) is 39.1 Å². The lowest BCUT2D eigenvalue weighted by Gasteiger charge is -2.28. The van der Waals surface area contributed by atoms with E-state index in [1.165, 1.54) is 0 Å². The van der Waals surface area contributed by atoms with Crippen LogP contribution in [-0.2, 0) is 18.2 Å². The maximum Gasteiger partial charge on any atom is 0.407 e. The van der Waals surface area contributed by atoms with E-state index >= 15 is 0 Å². The van der Waals surface area contributed by atoms with Crippen LogP contribution in [0.3, 0.4) is 0 Å². The fraction of sp³-hybridized carbons (Fsp3) is 0.733. The highest BCUT2D eigenvalue weighted by molar-refractivity contribution is 6.31. The largest absolute Gasteiger partial charge is 0.444 e. The van der Waals surface area contributed by atoms with Crippen molar-refractivity contribution in [3.63, 3.8) is 0 Å². The first-order chi connectivity index (χ1) is 9.97. The summed E-state index contributed by atoms with van der Waals surface area (Å²) in [5, 5.41) is 17.3. The molecule has 0 radical (unpaired) electrons. The monoisotopic (exact) mass is 331 g/mol. The molecule has 1 rings (SSSR count). The van der Waals surface area contributed by atoms with Gasteiger partial charge in [0, 0.05) is 25.4 Å². The third-order valence-corrected chi connectivity index (χ3v) is 3.79. The highest BCUT2D eigenvalue weighted by Crippen LogP contribution is 2.28. The molecule has 0 aliphatic rings. The van der Waals surface area contributed by atoms with Crippen molar-refractivity contribution in [2.45, 2.75) is 46.6 Å². The summed E-state index contributed by atoms with van der Waals surface area (Å²) in [6, 6.07) is 0. The number of amides is 1. The van der Waals surface area contributed by atoms with Crippen molar-refractivity contribution in [1.82, 2.24) is 15.1 Å². The number of aromatic nitrogens is 2. The van der Waals surface area contributed by atoms with E-state index in [1.54, 1.807) is 25.5 Å². The molecule has 0 spiro atoms. The molecular weight excluding hydrogens is 306 g/mol. The van der Waals surface area contributed by atoms with Crippen LogP contribution in [-0.4, -0.2) is 39.7 Å². The van der Waals surface area contributed by atoms with E-state index in [2.05, 4.69) is 10.4 Å². The van der Waals surface area contributed by atoms with E-state index in [-0.39, 0.29) is 13.2 Å². The van der Waals surface area contributed by atoms with E-state index in [4.69, 9.17) is 16.3 Å². The van der Waals surface area contributed by atoms with Gasteiger partial charge in [-0.15, -0.1) is 0 Å². The van der Waals surface area contributed by atoms with E-state index < -0.39 is 17.1 Å². The second kappa shape index (κ2) is 6.87. The Morgan fingerprint density at radius 1 is 1.41 bits per heavy atom. The number of aliphatic hydroxyl groups is 1. The molecular formula is C15H26ClN3O3. The summed E-state index contributed by atoms with van der Waals surface area (Å²) in [5.41, 5.74) is 0.476. The van der Waals surface area contributed by atoms with Crippen molar-refractivity contribution >= 4 is 17.7 Å². The molecule has 0 saturated carbocycles. The Balaban J connectivity index is 2.74. The van der Waals surface area contributed by atoms with Gasteiger partial charge in [0.25, 0.3) is 0 Å². The molecule has 1 amide bonds. The first kappa shape index (κ1) is 18.8. The Labute approximate surface area is 136 Å².